The molecule has 1 unspecified atom stereocenters. The van der Waals surface area contributed by atoms with E-state index >= 15 is 0 Å². The SMILES string of the molecule is COc1ccc(C(N)c2cccc(Cl)c2)c(Cl)c1. The second-order valence-corrected chi connectivity index (χ2v) is 4.76. The monoisotopic (exact) mass is 281 g/mol. The van der Waals surface area contributed by atoms with Crippen LogP contribution in [0.2, 0.25) is 10.0 Å². The molecule has 0 aliphatic rings. The molecule has 18 heavy (non-hydrogen) atoms. The van der Waals surface area contributed by atoms with Gasteiger partial charge in [0.25, 0.3) is 0 Å². The van der Waals surface area contributed by atoms with E-state index in [9.17, 15) is 0 Å². The third kappa shape index (κ3) is 2.78. The number of hydrogen-bond donors (Lipinski definition) is 1. The Balaban J connectivity index is 2.37. The maximum atomic E-state index is 6.20. The summed E-state index contributed by atoms with van der Waals surface area (Å²) in [5.74, 6) is 0.710. The van der Waals surface area contributed by atoms with Crippen molar-refractivity contribution in [2.45, 2.75) is 6.04 Å². The van der Waals surface area contributed by atoms with E-state index in [1.807, 2.05) is 36.4 Å². The Bertz CT molecular complexity index is 557. The van der Waals surface area contributed by atoms with E-state index in [0.29, 0.717) is 15.8 Å². The van der Waals surface area contributed by atoms with E-state index < -0.39 is 0 Å². The van der Waals surface area contributed by atoms with Crippen LogP contribution >= 0.6 is 23.2 Å². The Hall–Kier alpha value is -1.22. The van der Waals surface area contributed by atoms with Crippen LogP contribution in [0.5, 0.6) is 5.75 Å². The second kappa shape index (κ2) is 5.61. The molecule has 2 nitrogen and oxygen atoms in total. The minimum Gasteiger partial charge on any atom is -0.497 e. The van der Waals surface area contributed by atoms with Gasteiger partial charge in [0, 0.05) is 10.0 Å². The predicted octanol–water partition coefficient (Wildman–Crippen LogP) is 4.05. The molecule has 0 fully saturated rings. The van der Waals surface area contributed by atoms with Gasteiger partial charge in [0.05, 0.1) is 13.2 Å². The average molecular weight is 282 g/mol. The summed E-state index contributed by atoms with van der Waals surface area (Å²) in [7, 11) is 1.60. The lowest BCUT2D eigenvalue weighted by Gasteiger charge is -2.15. The molecule has 0 saturated carbocycles. The molecule has 0 amide bonds. The molecule has 1 atom stereocenters. The van der Waals surface area contributed by atoms with E-state index in [1.54, 1.807) is 13.2 Å². The molecule has 0 radical (unpaired) electrons. The highest BCUT2D eigenvalue weighted by molar-refractivity contribution is 6.31. The molecule has 0 saturated heterocycles. The largest absolute Gasteiger partial charge is 0.497 e. The van der Waals surface area contributed by atoms with Crippen molar-refractivity contribution in [1.82, 2.24) is 0 Å². The quantitative estimate of drug-likeness (QED) is 0.921. The fraction of sp³-hybridized carbons (Fsp3) is 0.143. The van der Waals surface area contributed by atoms with Gasteiger partial charge in [0.2, 0.25) is 0 Å². The van der Waals surface area contributed by atoms with Crippen LogP contribution in [-0.2, 0) is 0 Å². The molecule has 0 spiro atoms. The fourth-order valence-corrected chi connectivity index (χ4v) is 2.25. The van der Waals surface area contributed by atoms with Crippen LogP contribution in [0.4, 0.5) is 0 Å². The van der Waals surface area contributed by atoms with E-state index in [2.05, 4.69) is 0 Å². The Kier molecular flexibility index (Phi) is 4.12. The number of halogens is 2. The van der Waals surface area contributed by atoms with Gasteiger partial charge in [0.1, 0.15) is 5.75 Å². The van der Waals surface area contributed by atoms with Crippen molar-refractivity contribution in [3.8, 4) is 5.75 Å². The lowest BCUT2D eigenvalue weighted by atomic mass is 9.99. The molecule has 2 rings (SSSR count). The lowest BCUT2D eigenvalue weighted by molar-refractivity contribution is 0.414. The number of hydrogen-bond acceptors (Lipinski definition) is 2. The van der Waals surface area contributed by atoms with Gasteiger partial charge in [-0.1, -0.05) is 41.4 Å². The van der Waals surface area contributed by atoms with Crippen LogP contribution in [-0.4, -0.2) is 7.11 Å². The maximum absolute atomic E-state index is 6.20. The van der Waals surface area contributed by atoms with Gasteiger partial charge < -0.3 is 10.5 Å². The van der Waals surface area contributed by atoms with Gasteiger partial charge in [-0.2, -0.15) is 0 Å². The Morgan fingerprint density at radius 2 is 1.89 bits per heavy atom. The molecule has 2 aromatic rings. The normalized spacial score (nSPS) is 12.2. The summed E-state index contributed by atoms with van der Waals surface area (Å²) in [5.41, 5.74) is 7.97. The molecule has 0 aliphatic heterocycles. The molecule has 0 bridgehead atoms. The van der Waals surface area contributed by atoms with Crippen molar-refractivity contribution in [2.24, 2.45) is 5.73 Å². The zero-order chi connectivity index (χ0) is 13.1. The molecular formula is C14H13Cl2NO. The molecule has 0 aromatic heterocycles. The van der Waals surface area contributed by atoms with Crippen LogP contribution in [0.25, 0.3) is 0 Å². The highest BCUT2D eigenvalue weighted by atomic mass is 35.5. The minimum atomic E-state index is -0.304. The summed E-state index contributed by atoms with van der Waals surface area (Å²) in [6.45, 7) is 0. The maximum Gasteiger partial charge on any atom is 0.120 e. The van der Waals surface area contributed by atoms with E-state index in [0.717, 1.165) is 11.1 Å². The third-order valence-corrected chi connectivity index (χ3v) is 3.31. The number of rotatable bonds is 3. The molecule has 94 valence electrons. The molecular weight excluding hydrogens is 269 g/mol. The van der Waals surface area contributed by atoms with Crippen molar-refractivity contribution in [2.75, 3.05) is 7.11 Å². The number of ether oxygens (including phenoxy) is 1. The van der Waals surface area contributed by atoms with E-state index in [4.69, 9.17) is 33.7 Å². The van der Waals surface area contributed by atoms with Crippen molar-refractivity contribution in [3.05, 3.63) is 63.6 Å². The fourth-order valence-electron chi connectivity index (χ4n) is 1.77. The number of benzene rings is 2. The van der Waals surface area contributed by atoms with Gasteiger partial charge >= 0.3 is 0 Å². The number of methoxy groups -OCH3 is 1. The van der Waals surface area contributed by atoms with Gasteiger partial charge in [-0.05, 0) is 35.4 Å². The highest BCUT2D eigenvalue weighted by Gasteiger charge is 2.13. The Labute approximate surface area is 116 Å². The van der Waals surface area contributed by atoms with Crippen LogP contribution < -0.4 is 10.5 Å². The zero-order valence-corrected chi connectivity index (χ0v) is 11.4. The Morgan fingerprint density at radius 3 is 2.50 bits per heavy atom. The zero-order valence-electron chi connectivity index (χ0n) is 9.86. The highest BCUT2D eigenvalue weighted by Crippen LogP contribution is 2.30. The Morgan fingerprint density at radius 1 is 1.11 bits per heavy atom. The van der Waals surface area contributed by atoms with Gasteiger partial charge in [-0.15, -0.1) is 0 Å². The summed E-state index contributed by atoms with van der Waals surface area (Å²) in [4.78, 5) is 0. The van der Waals surface area contributed by atoms with E-state index in [-0.39, 0.29) is 6.04 Å². The number of nitrogens with two attached hydrogens (primary N) is 1. The summed E-state index contributed by atoms with van der Waals surface area (Å²) in [6, 6.07) is 12.6. The first kappa shape index (κ1) is 13.2. The second-order valence-electron chi connectivity index (χ2n) is 3.92. The molecule has 4 heteroatoms. The van der Waals surface area contributed by atoms with Crippen LogP contribution in [0.1, 0.15) is 17.2 Å². The standard InChI is InChI=1S/C14H13Cl2NO/c1-18-11-5-6-12(13(16)8-11)14(17)9-3-2-4-10(15)7-9/h2-8,14H,17H2,1H3. The van der Waals surface area contributed by atoms with Gasteiger partial charge in [0.15, 0.2) is 0 Å². The van der Waals surface area contributed by atoms with Gasteiger partial charge in [-0.3, -0.25) is 0 Å². The topological polar surface area (TPSA) is 35.2 Å². The molecule has 0 heterocycles. The van der Waals surface area contributed by atoms with E-state index in [1.165, 1.54) is 0 Å². The summed E-state index contributed by atoms with van der Waals surface area (Å²) in [5, 5.41) is 1.24. The molecule has 2 aromatic carbocycles. The predicted molar refractivity (Wildman–Crippen MR) is 75.5 cm³/mol. The molecule has 0 aliphatic carbocycles. The van der Waals surface area contributed by atoms with Crippen molar-refractivity contribution < 1.29 is 4.74 Å². The average Bonchev–Trinajstić information content (AvgIpc) is 2.37. The van der Waals surface area contributed by atoms with Crippen LogP contribution in [0, 0.1) is 0 Å². The molecule has 2 N–H and O–H groups in total. The first-order valence-corrected chi connectivity index (χ1v) is 6.22. The van der Waals surface area contributed by atoms with Gasteiger partial charge in [-0.25, -0.2) is 0 Å². The smallest absolute Gasteiger partial charge is 0.120 e. The van der Waals surface area contributed by atoms with Crippen LogP contribution in [0.15, 0.2) is 42.5 Å². The summed E-state index contributed by atoms with van der Waals surface area (Å²) < 4.78 is 5.11. The first-order chi connectivity index (χ1) is 8.61. The lowest BCUT2D eigenvalue weighted by Crippen LogP contribution is -2.12. The summed E-state index contributed by atoms with van der Waals surface area (Å²) in [6.07, 6.45) is 0. The van der Waals surface area contributed by atoms with Crippen molar-refractivity contribution in [1.29, 1.82) is 0 Å². The third-order valence-electron chi connectivity index (χ3n) is 2.75. The minimum absolute atomic E-state index is 0.304. The first-order valence-electron chi connectivity index (χ1n) is 5.46. The van der Waals surface area contributed by atoms with Crippen molar-refractivity contribution >= 4 is 23.2 Å². The van der Waals surface area contributed by atoms with Crippen molar-refractivity contribution in [3.63, 3.8) is 0 Å². The summed E-state index contributed by atoms with van der Waals surface area (Å²) >= 11 is 12.2. The van der Waals surface area contributed by atoms with Crippen LogP contribution in [0.3, 0.4) is 0 Å².